The molecule has 2 aromatic carbocycles. The van der Waals surface area contributed by atoms with Crippen molar-refractivity contribution >= 4 is 15.7 Å². The predicted octanol–water partition coefficient (Wildman–Crippen LogP) is 4.23. The number of benzene rings is 2. The molecule has 2 aromatic rings. The third-order valence-electron chi connectivity index (χ3n) is 3.47. The number of hydrogen-bond acceptors (Lipinski definition) is 3. The molecule has 0 aromatic heterocycles. The van der Waals surface area contributed by atoms with Crippen LogP contribution in [0, 0.1) is 0 Å². The van der Waals surface area contributed by atoms with Crippen molar-refractivity contribution in [1.82, 2.24) is 0 Å². The normalized spacial score (nSPS) is 11.2. The summed E-state index contributed by atoms with van der Waals surface area (Å²) in [6.07, 6.45) is 3.30. The highest BCUT2D eigenvalue weighted by Crippen LogP contribution is 2.20. The van der Waals surface area contributed by atoms with Crippen LogP contribution >= 0.6 is 0 Å². The molecule has 0 saturated carbocycles. The SMILES string of the molecule is CCCCc1ccc(NS(=O)(=O)c2ccc(OCC)cc2)cc1. The number of unbranched alkanes of at least 4 members (excludes halogenated alkanes) is 1. The molecule has 5 heteroatoms. The summed E-state index contributed by atoms with van der Waals surface area (Å²) in [7, 11) is -3.58. The molecule has 124 valence electrons. The molecule has 23 heavy (non-hydrogen) atoms. The molecular formula is C18H23NO3S. The van der Waals surface area contributed by atoms with Gasteiger partial charge in [0.15, 0.2) is 0 Å². The average molecular weight is 333 g/mol. The summed E-state index contributed by atoms with van der Waals surface area (Å²) in [6.45, 7) is 4.59. The minimum atomic E-state index is -3.58. The fraction of sp³-hybridized carbons (Fsp3) is 0.333. The second-order valence-corrected chi connectivity index (χ2v) is 6.99. The Balaban J connectivity index is 2.08. The summed E-state index contributed by atoms with van der Waals surface area (Å²) >= 11 is 0. The predicted molar refractivity (Wildman–Crippen MR) is 93.5 cm³/mol. The van der Waals surface area contributed by atoms with Gasteiger partial charge in [-0.3, -0.25) is 4.72 Å². The van der Waals surface area contributed by atoms with Crippen LogP contribution in [-0.4, -0.2) is 15.0 Å². The molecule has 0 aliphatic carbocycles. The van der Waals surface area contributed by atoms with E-state index < -0.39 is 10.0 Å². The van der Waals surface area contributed by atoms with E-state index in [2.05, 4.69) is 11.6 Å². The first kappa shape index (κ1) is 17.3. The van der Waals surface area contributed by atoms with Crippen LogP contribution in [0.3, 0.4) is 0 Å². The van der Waals surface area contributed by atoms with Crippen LogP contribution in [0.4, 0.5) is 5.69 Å². The molecular weight excluding hydrogens is 310 g/mol. The summed E-state index contributed by atoms with van der Waals surface area (Å²) in [5.41, 5.74) is 1.79. The van der Waals surface area contributed by atoms with Crippen molar-refractivity contribution in [2.24, 2.45) is 0 Å². The summed E-state index contributed by atoms with van der Waals surface area (Å²) in [5.74, 6) is 0.659. The molecule has 0 fully saturated rings. The van der Waals surface area contributed by atoms with Crippen molar-refractivity contribution in [2.45, 2.75) is 38.0 Å². The smallest absolute Gasteiger partial charge is 0.261 e. The van der Waals surface area contributed by atoms with E-state index in [4.69, 9.17) is 4.74 Å². The van der Waals surface area contributed by atoms with Crippen LogP contribution in [-0.2, 0) is 16.4 Å². The van der Waals surface area contributed by atoms with E-state index in [9.17, 15) is 8.42 Å². The lowest BCUT2D eigenvalue weighted by Gasteiger charge is -2.10. The quantitative estimate of drug-likeness (QED) is 0.786. The van der Waals surface area contributed by atoms with Crippen LogP contribution in [0.25, 0.3) is 0 Å². The second-order valence-electron chi connectivity index (χ2n) is 5.31. The molecule has 0 radical (unpaired) electrons. The molecule has 1 N–H and O–H groups in total. The fourth-order valence-electron chi connectivity index (χ4n) is 2.22. The van der Waals surface area contributed by atoms with Crippen LogP contribution in [0.1, 0.15) is 32.3 Å². The molecule has 2 rings (SSSR count). The number of rotatable bonds is 8. The average Bonchev–Trinajstić information content (AvgIpc) is 2.55. The Morgan fingerprint density at radius 1 is 0.957 bits per heavy atom. The third-order valence-corrected chi connectivity index (χ3v) is 4.87. The number of sulfonamides is 1. The number of nitrogens with one attached hydrogen (secondary N) is 1. The molecule has 0 atom stereocenters. The first-order valence-corrected chi connectivity index (χ1v) is 9.38. The molecule has 0 aliphatic rings. The summed E-state index contributed by atoms with van der Waals surface area (Å²) in [4.78, 5) is 0.219. The Labute approximate surface area is 138 Å². The lowest BCUT2D eigenvalue weighted by Crippen LogP contribution is -2.12. The standard InChI is InChI=1S/C18H23NO3S/c1-3-5-6-15-7-9-16(10-8-15)19-23(20,21)18-13-11-17(12-14-18)22-4-2/h7-14,19H,3-6H2,1-2H3. The lowest BCUT2D eigenvalue weighted by molar-refractivity contribution is 0.340. The van der Waals surface area contributed by atoms with Crippen molar-refractivity contribution in [3.05, 3.63) is 54.1 Å². The maximum Gasteiger partial charge on any atom is 0.261 e. The van der Waals surface area contributed by atoms with Crippen molar-refractivity contribution in [1.29, 1.82) is 0 Å². The second kappa shape index (κ2) is 8.02. The summed E-state index contributed by atoms with van der Waals surface area (Å²) in [5, 5.41) is 0. The highest BCUT2D eigenvalue weighted by molar-refractivity contribution is 7.92. The Kier molecular flexibility index (Phi) is 6.04. The molecule has 0 aliphatic heterocycles. The lowest BCUT2D eigenvalue weighted by atomic mass is 10.1. The van der Waals surface area contributed by atoms with Gasteiger partial charge < -0.3 is 4.74 Å². The van der Waals surface area contributed by atoms with E-state index in [0.29, 0.717) is 18.0 Å². The van der Waals surface area contributed by atoms with Gasteiger partial charge >= 0.3 is 0 Å². The van der Waals surface area contributed by atoms with E-state index >= 15 is 0 Å². The van der Waals surface area contributed by atoms with Crippen LogP contribution in [0.2, 0.25) is 0 Å². The molecule has 0 saturated heterocycles. The zero-order valence-corrected chi connectivity index (χ0v) is 14.4. The van der Waals surface area contributed by atoms with Gasteiger partial charge in [0.2, 0.25) is 0 Å². The highest BCUT2D eigenvalue weighted by Gasteiger charge is 2.14. The third kappa shape index (κ3) is 4.99. The minimum absolute atomic E-state index is 0.219. The van der Waals surface area contributed by atoms with Gasteiger partial charge in [0.1, 0.15) is 5.75 Å². The molecule has 0 spiro atoms. The zero-order valence-electron chi connectivity index (χ0n) is 13.6. The van der Waals surface area contributed by atoms with Crippen molar-refractivity contribution < 1.29 is 13.2 Å². The Hall–Kier alpha value is -2.01. The first-order valence-electron chi connectivity index (χ1n) is 7.89. The van der Waals surface area contributed by atoms with E-state index in [1.807, 2.05) is 19.1 Å². The maximum atomic E-state index is 12.4. The van der Waals surface area contributed by atoms with E-state index in [-0.39, 0.29) is 4.90 Å². The Morgan fingerprint density at radius 3 is 2.17 bits per heavy atom. The van der Waals surface area contributed by atoms with Gasteiger partial charge in [-0.25, -0.2) is 8.42 Å². The number of aryl methyl sites for hydroxylation is 1. The Morgan fingerprint density at radius 2 is 1.61 bits per heavy atom. The maximum absolute atomic E-state index is 12.4. The number of hydrogen-bond donors (Lipinski definition) is 1. The first-order chi connectivity index (χ1) is 11.0. The van der Waals surface area contributed by atoms with Gasteiger partial charge in [0.25, 0.3) is 10.0 Å². The number of anilines is 1. The monoisotopic (exact) mass is 333 g/mol. The Bertz CT molecular complexity index is 707. The topological polar surface area (TPSA) is 55.4 Å². The molecule has 0 unspecified atom stereocenters. The minimum Gasteiger partial charge on any atom is -0.494 e. The van der Waals surface area contributed by atoms with Crippen molar-refractivity contribution in [2.75, 3.05) is 11.3 Å². The molecule has 0 amide bonds. The van der Waals surface area contributed by atoms with E-state index in [1.54, 1.807) is 36.4 Å². The number of ether oxygens (including phenoxy) is 1. The summed E-state index contributed by atoms with van der Waals surface area (Å²) < 4.78 is 32.7. The van der Waals surface area contributed by atoms with Crippen LogP contribution < -0.4 is 9.46 Å². The van der Waals surface area contributed by atoms with E-state index in [1.165, 1.54) is 5.56 Å². The molecule has 0 heterocycles. The van der Waals surface area contributed by atoms with Gasteiger partial charge in [0, 0.05) is 5.69 Å². The fourth-order valence-corrected chi connectivity index (χ4v) is 3.27. The van der Waals surface area contributed by atoms with Gasteiger partial charge in [0.05, 0.1) is 11.5 Å². The van der Waals surface area contributed by atoms with Gasteiger partial charge in [-0.1, -0.05) is 25.5 Å². The highest BCUT2D eigenvalue weighted by atomic mass is 32.2. The largest absolute Gasteiger partial charge is 0.494 e. The van der Waals surface area contributed by atoms with Crippen molar-refractivity contribution in [3.63, 3.8) is 0 Å². The van der Waals surface area contributed by atoms with Crippen molar-refractivity contribution in [3.8, 4) is 5.75 Å². The van der Waals surface area contributed by atoms with Gasteiger partial charge in [-0.05, 0) is 61.7 Å². The molecule has 4 nitrogen and oxygen atoms in total. The van der Waals surface area contributed by atoms with Gasteiger partial charge in [-0.15, -0.1) is 0 Å². The van der Waals surface area contributed by atoms with Crippen LogP contribution in [0.5, 0.6) is 5.75 Å². The van der Waals surface area contributed by atoms with Crippen LogP contribution in [0.15, 0.2) is 53.4 Å². The zero-order chi connectivity index (χ0) is 16.7. The van der Waals surface area contributed by atoms with Gasteiger partial charge in [-0.2, -0.15) is 0 Å². The molecule has 0 bridgehead atoms. The summed E-state index contributed by atoms with van der Waals surface area (Å²) in [6, 6.07) is 13.9. The van der Waals surface area contributed by atoms with E-state index in [0.717, 1.165) is 19.3 Å².